The quantitative estimate of drug-likeness (QED) is 0.811. The summed E-state index contributed by atoms with van der Waals surface area (Å²) < 4.78 is 5.78. The molecule has 1 aromatic rings. The van der Waals surface area contributed by atoms with Crippen molar-refractivity contribution in [3.63, 3.8) is 0 Å². The van der Waals surface area contributed by atoms with E-state index in [0.717, 1.165) is 51.9 Å². The normalized spacial score (nSPS) is 23.4. The maximum absolute atomic E-state index is 13.2. The highest BCUT2D eigenvalue weighted by Crippen LogP contribution is 2.39. The monoisotopic (exact) mass is 358 g/mol. The second kappa shape index (κ2) is 8.11. The van der Waals surface area contributed by atoms with Crippen molar-refractivity contribution in [1.29, 1.82) is 0 Å². The van der Waals surface area contributed by atoms with Gasteiger partial charge in [0, 0.05) is 38.0 Å². The number of likely N-dealkylation sites (tertiary alicyclic amines) is 2. The molecule has 2 fully saturated rings. The number of benzene rings is 1. The Morgan fingerprint density at radius 2 is 2.00 bits per heavy atom. The standard InChI is InChI=1S/C21H30N2O3/c1-3-14-26-18-9-6-5-8-17(18)20(25)23-13-7-11-21(16-23)12-10-19(24)22(4-2)15-21/h5-6,8-9H,3-4,7,10-16H2,1-2H3/t21-/m0/s1. The zero-order valence-corrected chi connectivity index (χ0v) is 16.0. The summed E-state index contributed by atoms with van der Waals surface area (Å²) in [6, 6.07) is 7.53. The molecular formula is C21H30N2O3. The lowest BCUT2D eigenvalue weighted by Gasteiger charge is -2.48. The number of amides is 2. The molecule has 0 N–H and O–H groups in total. The lowest BCUT2D eigenvalue weighted by atomic mass is 9.73. The maximum atomic E-state index is 13.2. The summed E-state index contributed by atoms with van der Waals surface area (Å²) in [6.45, 7) is 7.75. The average Bonchev–Trinajstić information content (AvgIpc) is 2.68. The molecule has 0 radical (unpaired) electrons. The predicted molar refractivity (Wildman–Crippen MR) is 101 cm³/mol. The zero-order valence-electron chi connectivity index (χ0n) is 16.0. The molecule has 2 aliphatic heterocycles. The highest BCUT2D eigenvalue weighted by molar-refractivity contribution is 5.97. The van der Waals surface area contributed by atoms with E-state index in [0.29, 0.717) is 24.3 Å². The number of hydrogen-bond donors (Lipinski definition) is 0. The third-order valence-corrected chi connectivity index (χ3v) is 5.66. The minimum atomic E-state index is 0.0516. The Balaban J connectivity index is 1.76. The van der Waals surface area contributed by atoms with E-state index in [1.54, 1.807) is 0 Å². The van der Waals surface area contributed by atoms with Crippen LogP contribution in [0.4, 0.5) is 0 Å². The summed E-state index contributed by atoms with van der Waals surface area (Å²) in [7, 11) is 0. The molecule has 0 aliphatic carbocycles. The van der Waals surface area contributed by atoms with Crippen molar-refractivity contribution in [3.8, 4) is 5.75 Å². The van der Waals surface area contributed by atoms with Gasteiger partial charge >= 0.3 is 0 Å². The molecule has 2 aliphatic rings. The molecule has 1 aromatic carbocycles. The first-order chi connectivity index (χ1) is 12.6. The molecule has 0 bridgehead atoms. The molecule has 2 saturated heterocycles. The van der Waals surface area contributed by atoms with Crippen LogP contribution >= 0.6 is 0 Å². The van der Waals surface area contributed by atoms with Gasteiger partial charge in [-0.1, -0.05) is 19.1 Å². The minimum Gasteiger partial charge on any atom is -0.493 e. The molecule has 142 valence electrons. The molecule has 0 saturated carbocycles. The van der Waals surface area contributed by atoms with Gasteiger partial charge in [-0.3, -0.25) is 9.59 Å². The Bertz CT molecular complexity index is 660. The molecular weight excluding hydrogens is 328 g/mol. The second-order valence-corrected chi connectivity index (χ2v) is 7.58. The van der Waals surface area contributed by atoms with Crippen molar-refractivity contribution in [1.82, 2.24) is 9.80 Å². The molecule has 1 spiro atoms. The number of nitrogens with zero attached hydrogens (tertiary/aromatic N) is 2. The van der Waals surface area contributed by atoms with Gasteiger partial charge in [-0.05, 0) is 44.7 Å². The number of carbonyl (C=O) groups is 2. The molecule has 5 nitrogen and oxygen atoms in total. The van der Waals surface area contributed by atoms with Gasteiger partial charge in [0.2, 0.25) is 5.91 Å². The van der Waals surface area contributed by atoms with E-state index < -0.39 is 0 Å². The SMILES string of the molecule is CCCOc1ccccc1C(=O)N1CCC[C@@]2(CCC(=O)N(CC)C2)C1. The van der Waals surface area contributed by atoms with Crippen LogP contribution in [0.3, 0.4) is 0 Å². The second-order valence-electron chi connectivity index (χ2n) is 7.58. The average molecular weight is 358 g/mol. The summed E-state index contributed by atoms with van der Waals surface area (Å²) in [5.74, 6) is 0.976. The zero-order chi connectivity index (χ0) is 18.6. The van der Waals surface area contributed by atoms with E-state index in [1.165, 1.54) is 0 Å². The summed E-state index contributed by atoms with van der Waals surface area (Å²) in [6.07, 6.45) is 4.49. The van der Waals surface area contributed by atoms with Crippen molar-refractivity contribution < 1.29 is 14.3 Å². The Hall–Kier alpha value is -2.04. The number of piperidine rings is 2. The largest absolute Gasteiger partial charge is 0.493 e. The van der Waals surface area contributed by atoms with Crippen LogP contribution in [0.25, 0.3) is 0 Å². The van der Waals surface area contributed by atoms with E-state index in [-0.39, 0.29) is 17.2 Å². The van der Waals surface area contributed by atoms with Gasteiger partial charge in [-0.2, -0.15) is 0 Å². The van der Waals surface area contributed by atoms with Gasteiger partial charge in [-0.15, -0.1) is 0 Å². The van der Waals surface area contributed by atoms with Crippen molar-refractivity contribution in [2.45, 2.75) is 46.0 Å². The van der Waals surface area contributed by atoms with Gasteiger partial charge in [-0.25, -0.2) is 0 Å². The van der Waals surface area contributed by atoms with Gasteiger partial charge in [0.05, 0.1) is 12.2 Å². The Kier molecular flexibility index (Phi) is 5.84. The van der Waals surface area contributed by atoms with Gasteiger partial charge in [0.1, 0.15) is 5.75 Å². The molecule has 2 heterocycles. The Morgan fingerprint density at radius 3 is 2.77 bits per heavy atom. The molecule has 2 amide bonds. The van der Waals surface area contributed by atoms with Gasteiger partial charge in [0.15, 0.2) is 0 Å². The van der Waals surface area contributed by atoms with Crippen LogP contribution in [-0.2, 0) is 4.79 Å². The first-order valence-electron chi connectivity index (χ1n) is 9.87. The molecule has 0 aromatic heterocycles. The minimum absolute atomic E-state index is 0.0516. The van der Waals surface area contributed by atoms with E-state index in [9.17, 15) is 9.59 Å². The highest BCUT2D eigenvalue weighted by atomic mass is 16.5. The summed E-state index contributed by atoms with van der Waals surface area (Å²) in [4.78, 5) is 29.2. The van der Waals surface area contributed by atoms with Crippen LogP contribution in [0.2, 0.25) is 0 Å². The molecule has 0 unspecified atom stereocenters. The lowest BCUT2D eigenvalue weighted by Crippen LogP contribution is -2.55. The Labute approximate surface area is 156 Å². The number of ether oxygens (including phenoxy) is 1. The van der Waals surface area contributed by atoms with Crippen LogP contribution < -0.4 is 4.74 Å². The molecule has 26 heavy (non-hydrogen) atoms. The fourth-order valence-corrected chi connectivity index (χ4v) is 4.26. The van der Waals surface area contributed by atoms with Gasteiger partial charge in [0.25, 0.3) is 5.91 Å². The third-order valence-electron chi connectivity index (χ3n) is 5.66. The number of para-hydroxylation sites is 1. The first-order valence-corrected chi connectivity index (χ1v) is 9.87. The highest BCUT2D eigenvalue weighted by Gasteiger charge is 2.42. The number of hydrogen-bond acceptors (Lipinski definition) is 3. The number of carbonyl (C=O) groups excluding carboxylic acids is 2. The molecule has 3 rings (SSSR count). The fourth-order valence-electron chi connectivity index (χ4n) is 4.26. The summed E-state index contributed by atoms with van der Waals surface area (Å²) in [5, 5.41) is 0. The van der Waals surface area contributed by atoms with Crippen molar-refractivity contribution in [2.24, 2.45) is 5.41 Å². The van der Waals surface area contributed by atoms with Gasteiger partial charge < -0.3 is 14.5 Å². The lowest BCUT2D eigenvalue weighted by molar-refractivity contribution is -0.138. The van der Waals surface area contributed by atoms with Crippen molar-refractivity contribution >= 4 is 11.8 Å². The first kappa shape index (κ1) is 18.7. The topological polar surface area (TPSA) is 49.9 Å². The van der Waals surface area contributed by atoms with E-state index in [4.69, 9.17) is 4.74 Å². The van der Waals surface area contributed by atoms with Crippen LogP contribution in [0, 0.1) is 5.41 Å². The molecule has 5 heteroatoms. The van der Waals surface area contributed by atoms with Crippen molar-refractivity contribution in [2.75, 3.05) is 32.8 Å². The molecule has 1 atom stereocenters. The third kappa shape index (κ3) is 3.87. The van der Waals surface area contributed by atoms with Crippen molar-refractivity contribution in [3.05, 3.63) is 29.8 Å². The smallest absolute Gasteiger partial charge is 0.257 e. The number of rotatable bonds is 5. The predicted octanol–water partition coefficient (Wildman–Crippen LogP) is 3.34. The van der Waals surface area contributed by atoms with Crippen LogP contribution in [0.5, 0.6) is 5.75 Å². The van der Waals surface area contributed by atoms with Crippen LogP contribution in [0.1, 0.15) is 56.3 Å². The maximum Gasteiger partial charge on any atom is 0.257 e. The van der Waals surface area contributed by atoms with E-state index in [1.807, 2.05) is 41.0 Å². The van der Waals surface area contributed by atoms with Crippen LogP contribution in [0.15, 0.2) is 24.3 Å². The van der Waals surface area contributed by atoms with E-state index in [2.05, 4.69) is 6.92 Å². The fraction of sp³-hybridized carbons (Fsp3) is 0.619. The van der Waals surface area contributed by atoms with E-state index >= 15 is 0 Å². The summed E-state index contributed by atoms with van der Waals surface area (Å²) >= 11 is 0. The Morgan fingerprint density at radius 1 is 1.19 bits per heavy atom. The van der Waals surface area contributed by atoms with Crippen LogP contribution in [-0.4, -0.2) is 54.4 Å². The summed E-state index contributed by atoms with van der Waals surface area (Å²) in [5.41, 5.74) is 0.703.